The first-order valence-electron chi connectivity index (χ1n) is 4.20. The van der Waals surface area contributed by atoms with E-state index in [4.69, 9.17) is 16.3 Å². The number of fused-ring (bicyclic) bond motifs is 1. The Balaban J connectivity index is 2.51. The molecule has 0 saturated heterocycles. The predicted molar refractivity (Wildman–Crippen MR) is 50.2 cm³/mol. The van der Waals surface area contributed by atoms with Gasteiger partial charge in [0.15, 0.2) is 0 Å². The fraction of sp³-hybridized carbons (Fsp3) is 0.375. The molecule has 1 aromatic rings. The standard InChI is InChI=1S/C8H8ClN3O2/c1-2-4-5-6(9)10-3-11-7(5)12-8(13)14-4/h3-4H,2H2,1H3,(H,10,11,12,13)/t4-/m0/s1. The molecule has 0 aliphatic carbocycles. The molecule has 1 aromatic heterocycles. The number of carbonyl (C=O) groups is 1. The molecule has 1 N–H and O–H groups in total. The summed E-state index contributed by atoms with van der Waals surface area (Å²) in [7, 11) is 0. The summed E-state index contributed by atoms with van der Waals surface area (Å²) in [5, 5.41) is 2.79. The van der Waals surface area contributed by atoms with Gasteiger partial charge < -0.3 is 4.74 Å². The number of nitrogens with zero attached hydrogens (tertiary/aromatic N) is 2. The van der Waals surface area contributed by atoms with Crippen LogP contribution >= 0.6 is 11.6 Å². The van der Waals surface area contributed by atoms with E-state index in [1.54, 1.807) is 0 Å². The number of aromatic nitrogens is 2. The molecule has 1 atom stereocenters. The molecule has 1 aliphatic heterocycles. The van der Waals surface area contributed by atoms with Crippen molar-refractivity contribution < 1.29 is 9.53 Å². The van der Waals surface area contributed by atoms with Crippen LogP contribution in [0.5, 0.6) is 0 Å². The summed E-state index contributed by atoms with van der Waals surface area (Å²) in [6.07, 6.45) is 1.10. The Bertz CT molecular complexity index is 383. The van der Waals surface area contributed by atoms with Crippen molar-refractivity contribution in [3.8, 4) is 0 Å². The first kappa shape index (κ1) is 9.21. The van der Waals surface area contributed by atoms with Crippen molar-refractivity contribution >= 4 is 23.5 Å². The molecule has 1 aliphatic rings. The lowest BCUT2D eigenvalue weighted by atomic mass is 10.1. The second-order valence-corrected chi connectivity index (χ2v) is 3.21. The lowest BCUT2D eigenvalue weighted by Gasteiger charge is -2.24. The summed E-state index contributed by atoms with van der Waals surface area (Å²) in [5.41, 5.74) is 0.649. The number of amides is 1. The number of cyclic esters (lactones) is 1. The zero-order valence-corrected chi connectivity index (χ0v) is 8.21. The van der Waals surface area contributed by atoms with Gasteiger partial charge in [0.25, 0.3) is 0 Å². The normalized spacial score (nSPS) is 19.6. The second kappa shape index (κ2) is 3.42. The SMILES string of the molecule is CC[C@@H]1OC(=O)Nc2ncnc(Cl)c21. The highest BCUT2D eigenvalue weighted by Gasteiger charge is 2.28. The molecule has 74 valence electrons. The topological polar surface area (TPSA) is 64.1 Å². The largest absolute Gasteiger partial charge is 0.441 e. The van der Waals surface area contributed by atoms with E-state index in [0.717, 1.165) is 0 Å². The number of anilines is 1. The van der Waals surface area contributed by atoms with Gasteiger partial charge in [-0.3, -0.25) is 5.32 Å². The van der Waals surface area contributed by atoms with Crippen LogP contribution < -0.4 is 5.32 Å². The molecule has 0 aromatic carbocycles. The number of carbonyl (C=O) groups excluding carboxylic acids is 1. The molecule has 14 heavy (non-hydrogen) atoms. The molecule has 0 spiro atoms. The van der Waals surface area contributed by atoms with E-state index in [9.17, 15) is 4.79 Å². The van der Waals surface area contributed by atoms with E-state index in [2.05, 4.69) is 15.3 Å². The number of hydrogen-bond acceptors (Lipinski definition) is 4. The fourth-order valence-electron chi connectivity index (χ4n) is 1.36. The van der Waals surface area contributed by atoms with Crippen molar-refractivity contribution in [1.29, 1.82) is 0 Å². The molecule has 0 saturated carbocycles. The Morgan fingerprint density at radius 3 is 3.14 bits per heavy atom. The summed E-state index contributed by atoms with van der Waals surface area (Å²) in [6, 6.07) is 0. The van der Waals surface area contributed by atoms with Crippen LogP contribution in [0.15, 0.2) is 6.33 Å². The summed E-state index contributed by atoms with van der Waals surface area (Å²) in [6.45, 7) is 1.90. The Kier molecular flexibility index (Phi) is 2.25. The van der Waals surface area contributed by atoms with Crippen LogP contribution in [-0.2, 0) is 4.74 Å². The molecule has 0 fully saturated rings. The molecule has 2 rings (SSSR count). The lowest BCUT2D eigenvalue weighted by Crippen LogP contribution is -2.25. The van der Waals surface area contributed by atoms with Gasteiger partial charge in [-0.15, -0.1) is 0 Å². The Morgan fingerprint density at radius 2 is 2.43 bits per heavy atom. The summed E-state index contributed by atoms with van der Waals surface area (Å²) >= 11 is 5.88. The Labute approximate surface area is 85.5 Å². The maximum Gasteiger partial charge on any atom is 0.413 e. The average Bonchev–Trinajstić information content (AvgIpc) is 2.16. The van der Waals surface area contributed by atoms with Gasteiger partial charge >= 0.3 is 6.09 Å². The monoisotopic (exact) mass is 213 g/mol. The number of nitrogens with one attached hydrogen (secondary N) is 1. The first-order chi connectivity index (χ1) is 6.72. The lowest BCUT2D eigenvalue weighted by molar-refractivity contribution is 0.103. The third-order valence-corrected chi connectivity index (χ3v) is 2.30. The molecule has 5 nitrogen and oxygen atoms in total. The molecule has 2 heterocycles. The Morgan fingerprint density at radius 1 is 1.64 bits per heavy atom. The van der Waals surface area contributed by atoms with Crippen LogP contribution in [-0.4, -0.2) is 16.1 Å². The number of rotatable bonds is 1. The molecule has 0 radical (unpaired) electrons. The fourth-order valence-corrected chi connectivity index (χ4v) is 1.62. The highest BCUT2D eigenvalue weighted by Crippen LogP contribution is 2.34. The number of hydrogen-bond donors (Lipinski definition) is 1. The van der Waals surface area contributed by atoms with Gasteiger partial charge in [-0.25, -0.2) is 14.8 Å². The average molecular weight is 214 g/mol. The van der Waals surface area contributed by atoms with Gasteiger partial charge in [-0.2, -0.15) is 0 Å². The minimum atomic E-state index is -0.501. The third-order valence-electron chi connectivity index (χ3n) is 2.00. The summed E-state index contributed by atoms with van der Waals surface area (Å²) in [4.78, 5) is 18.8. The quantitative estimate of drug-likeness (QED) is 0.726. The zero-order chi connectivity index (χ0) is 10.1. The molecule has 1 amide bonds. The predicted octanol–water partition coefficient (Wildman–Crippen LogP) is 2.14. The Hall–Kier alpha value is -1.36. The summed E-state index contributed by atoms with van der Waals surface area (Å²) in [5.74, 6) is 0.438. The van der Waals surface area contributed by atoms with E-state index in [0.29, 0.717) is 23.0 Å². The third kappa shape index (κ3) is 1.39. The van der Waals surface area contributed by atoms with Crippen molar-refractivity contribution in [2.75, 3.05) is 5.32 Å². The molecular weight excluding hydrogens is 206 g/mol. The van der Waals surface area contributed by atoms with Gasteiger partial charge in [0, 0.05) is 0 Å². The van der Waals surface area contributed by atoms with E-state index >= 15 is 0 Å². The number of ether oxygens (including phenoxy) is 1. The van der Waals surface area contributed by atoms with Crippen LogP contribution in [0.2, 0.25) is 5.15 Å². The minimum Gasteiger partial charge on any atom is -0.441 e. The summed E-state index contributed by atoms with van der Waals surface area (Å²) < 4.78 is 5.03. The first-order valence-corrected chi connectivity index (χ1v) is 4.58. The van der Waals surface area contributed by atoms with Gasteiger partial charge in [-0.1, -0.05) is 18.5 Å². The van der Waals surface area contributed by atoms with Crippen molar-refractivity contribution in [3.63, 3.8) is 0 Å². The van der Waals surface area contributed by atoms with Gasteiger partial charge in [0.05, 0.1) is 5.56 Å². The van der Waals surface area contributed by atoms with Crippen molar-refractivity contribution in [3.05, 3.63) is 17.0 Å². The zero-order valence-electron chi connectivity index (χ0n) is 7.45. The van der Waals surface area contributed by atoms with E-state index in [-0.39, 0.29) is 6.10 Å². The van der Waals surface area contributed by atoms with Gasteiger partial charge in [0.2, 0.25) is 0 Å². The van der Waals surface area contributed by atoms with Crippen LogP contribution in [0.4, 0.5) is 10.6 Å². The van der Waals surface area contributed by atoms with E-state index in [1.165, 1.54) is 6.33 Å². The molecular formula is C8H8ClN3O2. The molecule has 0 bridgehead atoms. The van der Waals surface area contributed by atoms with E-state index in [1.807, 2.05) is 6.92 Å². The van der Waals surface area contributed by atoms with E-state index < -0.39 is 6.09 Å². The number of halogens is 1. The van der Waals surface area contributed by atoms with Crippen LogP contribution in [0.25, 0.3) is 0 Å². The van der Waals surface area contributed by atoms with Crippen molar-refractivity contribution in [2.24, 2.45) is 0 Å². The maximum absolute atomic E-state index is 11.1. The van der Waals surface area contributed by atoms with Gasteiger partial charge in [-0.05, 0) is 6.42 Å². The van der Waals surface area contributed by atoms with Crippen LogP contribution in [0, 0.1) is 0 Å². The highest BCUT2D eigenvalue weighted by molar-refractivity contribution is 6.30. The minimum absolute atomic E-state index is 0.321. The molecule has 6 heteroatoms. The molecule has 0 unspecified atom stereocenters. The van der Waals surface area contributed by atoms with Crippen LogP contribution in [0.1, 0.15) is 25.0 Å². The smallest absolute Gasteiger partial charge is 0.413 e. The maximum atomic E-state index is 11.1. The van der Waals surface area contributed by atoms with Crippen LogP contribution in [0.3, 0.4) is 0 Å². The second-order valence-electron chi connectivity index (χ2n) is 2.85. The van der Waals surface area contributed by atoms with Crippen molar-refractivity contribution in [2.45, 2.75) is 19.4 Å². The van der Waals surface area contributed by atoms with Gasteiger partial charge in [0.1, 0.15) is 23.4 Å². The van der Waals surface area contributed by atoms with Crippen molar-refractivity contribution in [1.82, 2.24) is 9.97 Å². The highest BCUT2D eigenvalue weighted by atomic mass is 35.5.